The first-order valence-corrected chi connectivity index (χ1v) is 8.85. The summed E-state index contributed by atoms with van der Waals surface area (Å²) >= 11 is 0. The molecule has 1 aromatic carbocycles. The highest BCUT2D eigenvalue weighted by atomic mass is 16.5. The molecule has 1 aliphatic heterocycles. The average molecular weight is 364 g/mol. The predicted molar refractivity (Wildman–Crippen MR) is 99.7 cm³/mol. The van der Waals surface area contributed by atoms with E-state index >= 15 is 0 Å². The number of primary amides is 1. The van der Waals surface area contributed by atoms with Crippen molar-refractivity contribution >= 4 is 17.5 Å². The van der Waals surface area contributed by atoms with Crippen LogP contribution >= 0.6 is 0 Å². The van der Waals surface area contributed by atoms with Crippen LogP contribution in [-0.2, 0) is 11.2 Å². The van der Waals surface area contributed by atoms with Crippen LogP contribution in [0.3, 0.4) is 0 Å². The van der Waals surface area contributed by atoms with Gasteiger partial charge in [0.05, 0.1) is 18.9 Å². The van der Waals surface area contributed by atoms with Gasteiger partial charge in [-0.25, -0.2) is 4.98 Å². The van der Waals surface area contributed by atoms with Crippen molar-refractivity contribution in [2.75, 3.05) is 26.3 Å². The van der Waals surface area contributed by atoms with Crippen LogP contribution in [-0.4, -0.2) is 52.4 Å². The van der Waals surface area contributed by atoms with Crippen LogP contribution in [0.25, 0.3) is 5.65 Å². The molecule has 0 unspecified atom stereocenters. The molecular weight excluding hydrogens is 344 g/mol. The van der Waals surface area contributed by atoms with E-state index in [2.05, 4.69) is 4.98 Å². The number of imidazole rings is 1. The van der Waals surface area contributed by atoms with Crippen molar-refractivity contribution in [1.82, 2.24) is 14.3 Å². The third-order valence-corrected chi connectivity index (χ3v) is 4.71. The Balaban J connectivity index is 1.57. The van der Waals surface area contributed by atoms with Gasteiger partial charge in [-0.1, -0.05) is 18.2 Å². The number of hydrogen-bond donors (Lipinski definition) is 1. The quantitative estimate of drug-likeness (QED) is 0.760. The number of amides is 2. The van der Waals surface area contributed by atoms with Crippen LogP contribution in [0.15, 0.2) is 48.7 Å². The number of aromatic nitrogens is 2. The predicted octanol–water partition coefficient (Wildman–Crippen LogP) is 1.50. The van der Waals surface area contributed by atoms with Gasteiger partial charge in [-0.2, -0.15) is 0 Å². The Hall–Kier alpha value is -3.19. The number of nitrogens with two attached hydrogens (primary N) is 1. The molecule has 0 spiro atoms. The molecule has 0 aliphatic carbocycles. The van der Waals surface area contributed by atoms with Gasteiger partial charge < -0.3 is 15.4 Å². The van der Waals surface area contributed by atoms with Crippen molar-refractivity contribution in [2.24, 2.45) is 5.73 Å². The summed E-state index contributed by atoms with van der Waals surface area (Å²) in [4.78, 5) is 30.8. The second-order valence-corrected chi connectivity index (χ2v) is 6.48. The Kier molecular flexibility index (Phi) is 4.60. The lowest BCUT2D eigenvalue weighted by molar-refractivity contribution is 0.0303. The van der Waals surface area contributed by atoms with E-state index in [9.17, 15) is 9.59 Å². The van der Waals surface area contributed by atoms with Crippen molar-refractivity contribution < 1.29 is 14.3 Å². The van der Waals surface area contributed by atoms with E-state index in [0.29, 0.717) is 55.3 Å². The summed E-state index contributed by atoms with van der Waals surface area (Å²) in [6.07, 6.45) is 2.24. The van der Waals surface area contributed by atoms with Gasteiger partial charge >= 0.3 is 0 Å². The molecule has 1 saturated heterocycles. The number of carbonyl (C=O) groups excluding carboxylic acids is 2. The minimum atomic E-state index is -0.511. The minimum absolute atomic E-state index is 0.00963. The van der Waals surface area contributed by atoms with Crippen LogP contribution in [0.2, 0.25) is 0 Å². The fourth-order valence-corrected chi connectivity index (χ4v) is 3.34. The van der Waals surface area contributed by atoms with Crippen molar-refractivity contribution in [3.8, 4) is 0 Å². The molecule has 1 aliphatic rings. The lowest BCUT2D eigenvalue weighted by Gasteiger charge is -2.26. The number of carbonyl (C=O) groups is 2. The van der Waals surface area contributed by atoms with Crippen LogP contribution in [0.4, 0.5) is 0 Å². The number of fused-ring (bicyclic) bond motifs is 1. The molecule has 0 radical (unpaired) electrons. The maximum atomic E-state index is 12.5. The number of nitrogens with zero attached hydrogens (tertiary/aromatic N) is 3. The van der Waals surface area contributed by atoms with Crippen LogP contribution in [0.5, 0.6) is 0 Å². The molecule has 27 heavy (non-hydrogen) atoms. The number of morpholine rings is 1. The summed E-state index contributed by atoms with van der Waals surface area (Å²) < 4.78 is 6.99. The number of benzene rings is 1. The number of hydrogen-bond acceptors (Lipinski definition) is 4. The maximum Gasteiger partial charge on any atom is 0.267 e. The van der Waals surface area contributed by atoms with Crippen molar-refractivity contribution in [3.63, 3.8) is 0 Å². The summed E-state index contributed by atoms with van der Waals surface area (Å²) in [7, 11) is 0. The summed E-state index contributed by atoms with van der Waals surface area (Å²) in [5, 5.41) is 0. The zero-order valence-electron chi connectivity index (χ0n) is 14.8. The Morgan fingerprint density at radius 3 is 2.52 bits per heavy atom. The van der Waals surface area contributed by atoms with E-state index in [-0.39, 0.29) is 5.91 Å². The second kappa shape index (κ2) is 7.20. The van der Waals surface area contributed by atoms with Gasteiger partial charge in [0.1, 0.15) is 11.3 Å². The highest BCUT2D eigenvalue weighted by Gasteiger charge is 2.19. The van der Waals surface area contributed by atoms with Gasteiger partial charge in [0.2, 0.25) is 0 Å². The van der Waals surface area contributed by atoms with E-state index in [1.165, 1.54) is 0 Å². The Morgan fingerprint density at radius 1 is 1.07 bits per heavy atom. The van der Waals surface area contributed by atoms with Crippen LogP contribution in [0.1, 0.15) is 32.1 Å². The summed E-state index contributed by atoms with van der Waals surface area (Å²) in [5.41, 5.74) is 8.86. The number of ether oxygens (including phenoxy) is 1. The number of rotatable bonds is 4. The van der Waals surface area contributed by atoms with Gasteiger partial charge in [-0.3, -0.25) is 14.0 Å². The molecular formula is C20H20N4O3. The fraction of sp³-hybridized carbons (Fsp3) is 0.250. The highest BCUT2D eigenvalue weighted by molar-refractivity contribution is 5.94. The Bertz CT molecular complexity index is 988. The molecule has 0 saturated carbocycles. The normalized spacial score (nSPS) is 14.4. The van der Waals surface area contributed by atoms with E-state index in [1.807, 2.05) is 42.5 Å². The van der Waals surface area contributed by atoms with E-state index < -0.39 is 5.91 Å². The second-order valence-electron chi connectivity index (χ2n) is 6.48. The highest BCUT2D eigenvalue weighted by Crippen LogP contribution is 2.17. The first-order chi connectivity index (χ1) is 13.1. The third kappa shape index (κ3) is 3.41. The monoisotopic (exact) mass is 364 g/mol. The molecule has 1 fully saturated rings. The SMILES string of the molecule is NC(=O)c1c(Cc2ccc(C(=O)N3CCOCC3)cc2)nc2ccccn12. The van der Waals surface area contributed by atoms with E-state index in [0.717, 1.165) is 5.56 Å². The summed E-state index contributed by atoms with van der Waals surface area (Å²) in [6.45, 7) is 2.38. The maximum absolute atomic E-state index is 12.5. The van der Waals surface area contributed by atoms with Crippen molar-refractivity contribution in [3.05, 3.63) is 71.2 Å². The fourth-order valence-electron chi connectivity index (χ4n) is 3.34. The van der Waals surface area contributed by atoms with Crippen LogP contribution < -0.4 is 5.73 Å². The lowest BCUT2D eigenvalue weighted by atomic mass is 10.1. The smallest absolute Gasteiger partial charge is 0.267 e. The third-order valence-electron chi connectivity index (χ3n) is 4.71. The molecule has 3 heterocycles. The molecule has 2 amide bonds. The summed E-state index contributed by atoms with van der Waals surface area (Å²) in [5.74, 6) is -0.502. The van der Waals surface area contributed by atoms with Gasteiger partial charge in [-0.15, -0.1) is 0 Å². The largest absolute Gasteiger partial charge is 0.378 e. The first-order valence-electron chi connectivity index (χ1n) is 8.85. The van der Waals surface area contributed by atoms with Gasteiger partial charge in [-0.05, 0) is 29.8 Å². The molecule has 0 bridgehead atoms. The van der Waals surface area contributed by atoms with Crippen molar-refractivity contribution in [1.29, 1.82) is 0 Å². The van der Waals surface area contributed by atoms with E-state index in [4.69, 9.17) is 10.5 Å². The Morgan fingerprint density at radius 2 is 1.81 bits per heavy atom. The molecule has 2 N–H and O–H groups in total. The zero-order chi connectivity index (χ0) is 18.8. The van der Waals surface area contributed by atoms with Gasteiger partial charge in [0.15, 0.2) is 0 Å². The van der Waals surface area contributed by atoms with Crippen LogP contribution in [0, 0.1) is 0 Å². The van der Waals surface area contributed by atoms with Crippen molar-refractivity contribution in [2.45, 2.75) is 6.42 Å². The van der Waals surface area contributed by atoms with E-state index in [1.54, 1.807) is 15.5 Å². The topological polar surface area (TPSA) is 89.9 Å². The molecule has 7 nitrogen and oxygen atoms in total. The molecule has 138 valence electrons. The number of pyridine rings is 1. The minimum Gasteiger partial charge on any atom is -0.378 e. The summed E-state index contributed by atoms with van der Waals surface area (Å²) in [6, 6.07) is 12.9. The first kappa shape index (κ1) is 17.2. The zero-order valence-corrected chi connectivity index (χ0v) is 14.8. The average Bonchev–Trinajstić information content (AvgIpc) is 3.06. The molecule has 0 atom stereocenters. The lowest BCUT2D eigenvalue weighted by Crippen LogP contribution is -2.40. The van der Waals surface area contributed by atoms with Gasteiger partial charge in [0, 0.05) is 31.3 Å². The Labute approximate surface area is 156 Å². The molecule has 3 aromatic rings. The van der Waals surface area contributed by atoms with Gasteiger partial charge in [0.25, 0.3) is 11.8 Å². The standard InChI is InChI=1S/C20H20N4O3/c21-19(25)18-16(22-17-3-1-2-8-24(17)18)13-14-4-6-15(7-5-14)20(26)23-9-11-27-12-10-23/h1-8H,9-13H2,(H2,21,25). The molecule has 2 aromatic heterocycles. The molecule has 7 heteroatoms. The molecule has 4 rings (SSSR count).